The predicted octanol–water partition coefficient (Wildman–Crippen LogP) is 1.63. The van der Waals surface area contributed by atoms with E-state index in [1.54, 1.807) is 0 Å². The SMILES string of the molecule is O=C(NCCc1cnn(-c2ccccc2)c1)NCC1(O)CCC1. The van der Waals surface area contributed by atoms with Crippen LogP contribution in [0.15, 0.2) is 42.7 Å². The number of benzene rings is 1. The minimum atomic E-state index is -0.686. The lowest BCUT2D eigenvalue weighted by atomic mass is 9.80. The number of amides is 2. The fraction of sp³-hybridized carbons (Fsp3) is 0.412. The largest absolute Gasteiger partial charge is 0.388 e. The zero-order valence-electron chi connectivity index (χ0n) is 13.0. The molecule has 23 heavy (non-hydrogen) atoms. The number of nitrogens with zero attached hydrogens (tertiary/aromatic N) is 2. The lowest BCUT2D eigenvalue weighted by Crippen LogP contribution is -2.50. The van der Waals surface area contributed by atoms with Crippen LogP contribution >= 0.6 is 0 Å². The number of aromatic nitrogens is 2. The molecule has 3 N–H and O–H groups in total. The van der Waals surface area contributed by atoms with Crippen LogP contribution in [0, 0.1) is 0 Å². The minimum Gasteiger partial charge on any atom is -0.388 e. The highest BCUT2D eigenvalue weighted by Crippen LogP contribution is 2.30. The third-order valence-corrected chi connectivity index (χ3v) is 4.22. The molecule has 0 radical (unpaired) electrons. The van der Waals surface area contributed by atoms with Gasteiger partial charge in [-0.25, -0.2) is 9.48 Å². The Balaban J connectivity index is 1.40. The second-order valence-corrected chi connectivity index (χ2v) is 6.07. The standard InChI is InChI=1S/C17H22N4O2/c22-16(19-13-17(23)8-4-9-17)18-10-7-14-11-20-21(12-14)15-5-2-1-3-6-15/h1-3,5-6,11-12,23H,4,7-10,13H2,(H2,18,19,22). The second-order valence-electron chi connectivity index (χ2n) is 6.07. The maximum absolute atomic E-state index is 11.7. The van der Waals surface area contributed by atoms with E-state index in [0.717, 1.165) is 30.5 Å². The van der Waals surface area contributed by atoms with Gasteiger partial charge in [0.15, 0.2) is 0 Å². The lowest BCUT2D eigenvalue weighted by Gasteiger charge is -2.36. The number of hydrogen-bond acceptors (Lipinski definition) is 3. The summed E-state index contributed by atoms with van der Waals surface area (Å²) < 4.78 is 1.82. The molecule has 6 heteroatoms. The normalized spacial score (nSPS) is 15.7. The van der Waals surface area contributed by atoms with Crippen molar-refractivity contribution in [1.29, 1.82) is 0 Å². The molecule has 1 heterocycles. The number of para-hydroxylation sites is 1. The van der Waals surface area contributed by atoms with E-state index in [1.165, 1.54) is 0 Å². The smallest absolute Gasteiger partial charge is 0.314 e. The van der Waals surface area contributed by atoms with Gasteiger partial charge in [-0.15, -0.1) is 0 Å². The van der Waals surface area contributed by atoms with Gasteiger partial charge >= 0.3 is 6.03 Å². The topological polar surface area (TPSA) is 79.2 Å². The first-order chi connectivity index (χ1) is 11.1. The van der Waals surface area contributed by atoms with Crippen molar-refractivity contribution in [2.45, 2.75) is 31.3 Å². The Bertz CT molecular complexity index is 650. The van der Waals surface area contributed by atoms with E-state index in [0.29, 0.717) is 19.5 Å². The number of carbonyl (C=O) groups is 1. The van der Waals surface area contributed by atoms with Crippen LogP contribution in [0.5, 0.6) is 0 Å². The summed E-state index contributed by atoms with van der Waals surface area (Å²) in [7, 11) is 0. The summed E-state index contributed by atoms with van der Waals surface area (Å²) in [5, 5.41) is 19.8. The number of hydrogen-bond donors (Lipinski definition) is 3. The quantitative estimate of drug-likeness (QED) is 0.758. The van der Waals surface area contributed by atoms with E-state index in [1.807, 2.05) is 47.4 Å². The summed E-state index contributed by atoms with van der Waals surface area (Å²) in [4.78, 5) is 11.7. The van der Waals surface area contributed by atoms with Gasteiger partial charge in [0.25, 0.3) is 0 Å². The van der Waals surface area contributed by atoms with Gasteiger partial charge in [-0.05, 0) is 43.4 Å². The van der Waals surface area contributed by atoms with Crippen LogP contribution in [-0.2, 0) is 6.42 Å². The molecule has 1 saturated carbocycles. The zero-order chi connectivity index (χ0) is 16.1. The Morgan fingerprint density at radius 1 is 1.26 bits per heavy atom. The van der Waals surface area contributed by atoms with Crippen molar-refractivity contribution >= 4 is 6.03 Å². The maximum atomic E-state index is 11.7. The average Bonchev–Trinajstić information content (AvgIpc) is 3.01. The van der Waals surface area contributed by atoms with Crippen molar-refractivity contribution < 1.29 is 9.90 Å². The highest BCUT2D eigenvalue weighted by Gasteiger charge is 2.34. The van der Waals surface area contributed by atoms with Crippen LogP contribution in [0.1, 0.15) is 24.8 Å². The molecular formula is C17H22N4O2. The Hall–Kier alpha value is -2.34. The molecule has 122 valence electrons. The molecule has 1 aliphatic rings. The van der Waals surface area contributed by atoms with Crippen molar-refractivity contribution in [2.75, 3.05) is 13.1 Å². The molecule has 0 saturated heterocycles. The van der Waals surface area contributed by atoms with E-state index in [-0.39, 0.29) is 6.03 Å². The molecule has 1 aromatic heterocycles. The Morgan fingerprint density at radius 3 is 2.74 bits per heavy atom. The Labute approximate surface area is 135 Å². The minimum absolute atomic E-state index is 0.235. The molecule has 2 aromatic rings. The second kappa shape index (κ2) is 6.83. The molecule has 0 spiro atoms. The first kappa shape index (κ1) is 15.6. The summed E-state index contributed by atoms with van der Waals surface area (Å²) >= 11 is 0. The van der Waals surface area contributed by atoms with Crippen LogP contribution in [0.4, 0.5) is 4.79 Å². The van der Waals surface area contributed by atoms with Gasteiger partial charge in [0, 0.05) is 19.3 Å². The molecule has 0 aliphatic heterocycles. The van der Waals surface area contributed by atoms with E-state index in [4.69, 9.17) is 0 Å². The van der Waals surface area contributed by atoms with Gasteiger partial charge in [-0.2, -0.15) is 5.10 Å². The van der Waals surface area contributed by atoms with Gasteiger partial charge in [-0.3, -0.25) is 0 Å². The summed E-state index contributed by atoms with van der Waals surface area (Å²) in [6.45, 7) is 0.857. The Morgan fingerprint density at radius 2 is 2.04 bits per heavy atom. The summed E-state index contributed by atoms with van der Waals surface area (Å²) in [5.74, 6) is 0. The fourth-order valence-electron chi connectivity index (χ4n) is 2.60. The fourth-order valence-corrected chi connectivity index (χ4v) is 2.60. The van der Waals surface area contributed by atoms with Crippen molar-refractivity contribution in [1.82, 2.24) is 20.4 Å². The molecule has 1 fully saturated rings. The molecular weight excluding hydrogens is 292 g/mol. The van der Waals surface area contributed by atoms with Crippen LogP contribution in [0.25, 0.3) is 5.69 Å². The summed E-state index contributed by atoms with van der Waals surface area (Å²) in [6, 6.07) is 9.66. The monoisotopic (exact) mass is 314 g/mol. The predicted molar refractivity (Wildman–Crippen MR) is 87.5 cm³/mol. The number of carbonyl (C=O) groups excluding carboxylic acids is 1. The summed E-state index contributed by atoms with van der Waals surface area (Å²) in [6.07, 6.45) is 7.06. The molecule has 0 bridgehead atoms. The molecule has 1 aromatic carbocycles. The summed E-state index contributed by atoms with van der Waals surface area (Å²) in [5.41, 5.74) is 1.39. The van der Waals surface area contributed by atoms with Gasteiger partial charge in [-0.1, -0.05) is 18.2 Å². The Kier molecular flexibility index (Phi) is 4.62. The van der Waals surface area contributed by atoms with E-state index in [2.05, 4.69) is 15.7 Å². The third-order valence-electron chi connectivity index (χ3n) is 4.22. The maximum Gasteiger partial charge on any atom is 0.314 e. The van der Waals surface area contributed by atoms with Crippen LogP contribution < -0.4 is 10.6 Å². The van der Waals surface area contributed by atoms with E-state index < -0.39 is 5.60 Å². The van der Waals surface area contributed by atoms with Gasteiger partial charge in [0.1, 0.15) is 0 Å². The van der Waals surface area contributed by atoms with Gasteiger partial charge in [0.05, 0.1) is 17.5 Å². The highest BCUT2D eigenvalue weighted by atomic mass is 16.3. The van der Waals surface area contributed by atoms with Gasteiger partial charge in [0.2, 0.25) is 0 Å². The van der Waals surface area contributed by atoms with E-state index >= 15 is 0 Å². The number of urea groups is 1. The van der Waals surface area contributed by atoms with Crippen LogP contribution in [-0.4, -0.2) is 39.6 Å². The first-order valence-electron chi connectivity index (χ1n) is 7.98. The van der Waals surface area contributed by atoms with Crippen molar-refractivity contribution in [2.24, 2.45) is 0 Å². The highest BCUT2D eigenvalue weighted by molar-refractivity contribution is 5.73. The molecule has 6 nitrogen and oxygen atoms in total. The van der Waals surface area contributed by atoms with E-state index in [9.17, 15) is 9.90 Å². The molecule has 3 rings (SSSR count). The number of nitrogens with one attached hydrogen (secondary N) is 2. The van der Waals surface area contributed by atoms with Gasteiger partial charge < -0.3 is 15.7 Å². The van der Waals surface area contributed by atoms with Crippen molar-refractivity contribution in [3.63, 3.8) is 0 Å². The molecule has 0 unspecified atom stereocenters. The van der Waals surface area contributed by atoms with Crippen LogP contribution in [0.2, 0.25) is 0 Å². The molecule has 1 aliphatic carbocycles. The first-order valence-corrected chi connectivity index (χ1v) is 7.98. The van der Waals surface area contributed by atoms with Crippen molar-refractivity contribution in [3.8, 4) is 5.69 Å². The van der Waals surface area contributed by atoms with Crippen LogP contribution in [0.3, 0.4) is 0 Å². The van der Waals surface area contributed by atoms with Crippen molar-refractivity contribution in [3.05, 3.63) is 48.3 Å². The number of rotatable bonds is 6. The zero-order valence-corrected chi connectivity index (χ0v) is 13.0. The third kappa shape index (κ3) is 4.10. The number of aliphatic hydroxyl groups is 1. The average molecular weight is 314 g/mol. The lowest BCUT2D eigenvalue weighted by molar-refractivity contribution is -0.0290. The molecule has 2 amide bonds. The molecule has 0 atom stereocenters.